The Labute approximate surface area is 135 Å². The fraction of sp³-hybridized carbons (Fsp3) is 0.412. The Morgan fingerprint density at radius 3 is 2.86 bits per heavy atom. The van der Waals surface area contributed by atoms with E-state index in [2.05, 4.69) is 16.8 Å². The topological polar surface area (TPSA) is 41.9 Å². The van der Waals surface area contributed by atoms with Gasteiger partial charge in [-0.1, -0.05) is 25.1 Å². The molecule has 0 saturated carbocycles. The van der Waals surface area contributed by atoms with E-state index in [0.717, 1.165) is 36.0 Å². The minimum Gasteiger partial charge on any atom is -0.493 e. The van der Waals surface area contributed by atoms with E-state index >= 15 is 0 Å². The first-order chi connectivity index (χ1) is 10.8. The van der Waals surface area contributed by atoms with Gasteiger partial charge in [0, 0.05) is 18.7 Å². The van der Waals surface area contributed by atoms with Gasteiger partial charge >= 0.3 is 0 Å². The number of benzene rings is 1. The third kappa shape index (κ3) is 3.35. The average molecular weight is 316 g/mol. The van der Waals surface area contributed by atoms with Crippen molar-refractivity contribution in [2.75, 3.05) is 19.7 Å². The first-order valence-corrected chi connectivity index (χ1v) is 8.59. The van der Waals surface area contributed by atoms with E-state index in [1.165, 1.54) is 24.6 Å². The van der Waals surface area contributed by atoms with Gasteiger partial charge in [-0.2, -0.15) is 4.99 Å². The van der Waals surface area contributed by atoms with E-state index in [1.54, 1.807) is 0 Å². The van der Waals surface area contributed by atoms with Crippen molar-refractivity contribution in [2.45, 2.75) is 26.2 Å². The highest BCUT2D eigenvalue weighted by Crippen LogP contribution is 2.33. The Morgan fingerprint density at radius 2 is 2.09 bits per heavy atom. The molecule has 1 amide bonds. The van der Waals surface area contributed by atoms with Crippen molar-refractivity contribution in [3.05, 3.63) is 34.7 Å². The monoisotopic (exact) mass is 316 g/mol. The third-order valence-electron chi connectivity index (χ3n) is 3.65. The Balaban J connectivity index is 1.77. The lowest BCUT2D eigenvalue weighted by Crippen LogP contribution is -2.23. The van der Waals surface area contributed by atoms with Crippen LogP contribution in [0, 0.1) is 0 Å². The van der Waals surface area contributed by atoms with Crippen LogP contribution in [0.3, 0.4) is 0 Å². The minimum atomic E-state index is -0.141. The molecule has 2 aliphatic heterocycles. The van der Waals surface area contributed by atoms with E-state index in [9.17, 15) is 4.79 Å². The molecule has 0 unspecified atom stereocenters. The number of carbonyl (C=O) groups excluding carboxylic acids is 1. The number of aliphatic imine (C=N–C) groups is 1. The molecule has 22 heavy (non-hydrogen) atoms. The lowest BCUT2D eigenvalue weighted by molar-refractivity contribution is -0.113. The summed E-state index contributed by atoms with van der Waals surface area (Å²) in [6, 6.07) is 7.81. The highest BCUT2D eigenvalue weighted by Gasteiger charge is 2.27. The summed E-state index contributed by atoms with van der Waals surface area (Å²) in [6.07, 6.45) is 5.21. The second-order valence-corrected chi connectivity index (χ2v) is 6.40. The average Bonchev–Trinajstić information content (AvgIpc) is 3.17. The summed E-state index contributed by atoms with van der Waals surface area (Å²) in [4.78, 5) is 19.2. The van der Waals surface area contributed by atoms with Crippen molar-refractivity contribution in [1.82, 2.24) is 4.90 Å². The van der Waals surface area contributed by atoms with Crippen LogP contribution in [0.2, 0.25) is 0 Å². The van der Waals surface area contributed by atoms with Crippen LogP contribution >= 0.6 is 11.8 Å². The Kier molecular flexibility index (Phi) is 4.83. The quantitative estimate of drug-likeness (QED) is 0.797. The molecule has 3 rings (SSSR count). The molecule has 2 aliphatic rings. The van der Waals surface area contributed by atoms with Gasteiger partial charge in [0.2, 0.25) is 0 Å². The number of hydrogen-bond donors (Lipinski definition) is 0. The lowest BCUT2D eigenvalue weighted by atomic mass is 10.2. The number of rotatable bonds is 4. The molecular weight excluding hydrogens is 296 g/mol. The van der Waals surface area contributed by atoms with E-state index in [-0.39, 0.29) is 5.91 Å². The van der Waals surface area contributed by atoms with Crippen LogP contribution in [-0.2, 0) is 4.79 Å². The van der Waals surface area contributed by atoms with Gasteiger partial charge in [-0.15, -0.1) is 0 Å². The van der Waals surface area contributed by atoms with Crippen LogP contribution in [0.25, 0.3) is 6.08 Å². The summed E-state index contributed by atoms with van der Waals surface area (Å²) in [5.74, 6) is 0.678. The number of likely N-dealkylation sites (tertiary alicyclic amines) is 1. The molecule has 0 N–H and O–H groups in total. The van der Waals surface area contributed by atoms with E-state index in [4.69, 9.17) is 4.74 Å². The third-order valence-corrected chi connectivity index (χ3v) is 4.70. The van der Waals surface area contributed by atoms with Gasteiger partial charge < -0.3 is 9.64 Å². The summed E-state index contributed by atoms with van der Waals surface area (Å²) < 4.78 is 5.75. The van der Waals surface area contributed by atoms with E-state index < -0.39 is 0 Å². The van der Waals surface area contributed by atoms with Gasteiger partial charge in [0.25, 0.3) is 5.91 Å². The molecule has 1 aromatic rings. The highest BCUT2D eigenvalue weighted by molar-refractivity contribution is 8.18. The Morgan fingerprint density at radius 1 is 1.32 bits per heavy atom. The van der Waals surface area contributed by atoms with Gasteiger partial charge in [0.05, 0.1) is 11.5 Å². The van der Waals surface area contributed by atoms with E-state index in [1.807, 2.05) is 30.3 Å². The standard InChI is InChI=1S/C17H20N2O2S/c1-2-11-21-14-8-4-3-7-13(14)12-15-16(20)18-17(22-15)19-9-5-6-10-19/h3-4,7-8,12H,2,5-6,9-11H2,1H3. The summed E-state index contributed by atoms with van der Waals surface area (Å²) in [6.45, 7) is 4.76. The molecule has 0 radical (unpaired) electrons. The zero-order chi connectivity index (χ0) is 15.4. The smallest absolute Gasteiger partial charge is 0.286 e. The lowest BCUT2D eigenvalue weighted by Gasteiger charge is -2.14. The molecule has 2 heterocycles. The second kappa shape index (κ2) is 7.01. The fourth-order valence-electron chi connectivity index (χ4n) is 2.53. The van der Waals surface area contributed by atoms with Crippen LogP contribution in [0.5, 0.6) is 5.75 Å². The molecule has 1 aromatic carbocycles. The normalized spacial score (nSPS) is 19.9. The fourth-order valence-corrected chi connectivity index (χ4v) is 3.48. The van der Waals surface area contributed by atoms with Gasteiger partial charge in [-0.3, -0.25) is 4.79 Å². The highest BCUT2D eigenvalue weighted by atomic mass is 32.2. The molecule has 0 bridgehead atoms. The SMILES string of the molecule is CCCOc1ccccc1C=C1SC(N2CCCC2)=NC1=O. The van der Waals surface area contributed by atoms with Crippen LogP contribution in [0.1, 0.15) is 31.7 Å². The van der Waals surface area contributed by atoms with Crippen molar-refractivity contribution < 1.29 is 9.53 Å². The molecule has 1 fully saturated rings. The van der Waals surface area contributed by atoms with Gasteiger partial charge in [-0.05, 0) is 43.2 Å². The summed E-state index contributed by atoms with van der Waals surface area (Å²) in [7, 11) is 0. The molecule has 1 saturated heterocycles. The Hall–Kier alpha value is -1.75. The molecule has 4 nitrogen and oxygen atoms in total. The molecule has 0 aliphatic carbocycles. The van der Waals surface area contributed by atoms with Crippen LogP contribution < -0.4 is 4.74 Å². The van der Waals surface area contributed by atoms with Crippen LogP contribution in [-0.4, -0.2) is 35.7 Å². The molecule has 0 aromatic heterocycles. The minimum absolute atomic E-state index is 0.141. The molecule has 0 spiro atoms. The van der Waals surface area contributed by atoms with Crippen molar-refractivity contribution in [2.24, 2.45) is 4.99 Å². The number of amides is 1. The van der Waals surface area contributed by atoms with Gasteiger partial charge in [-0.25, -0.2) is 0 Å². The van der Waals surface area contributed by atoms with Crippen molar-refractivity contribution in [3.8, 4) is 5.75 Å². The maximum Gasteiger partial charge on any atom is 0.286 e. The summed E-state index contributed by atoms with van der Waals surface area (Å²) >= 11 is 1.48. The molecular formula is C17H20N2O2S. The number of para-hydroxylation sites is 1. The maximum absolute atomic E-state index is 12.1. The predicted molar refractivity (Wildman–Crippen MR) is 91.0 cm³/mol. The number of hydrogen-bond acceptors (Lipinski definition) is 4. The largest absolute Gasteiger partial charge is 0.493 e. The van der Waals surface area contributed by atoms with Crippen molar-refractivity contribution in [3.63, 3.8) is 0 Å². The maximum atomic E-state index is 12.1. The zero-order valence-corrected chi connectivity index (χ0v) is 13.6. The molecule has 116 valence electrons. The zero-order valence-electron chi connectivity index (χ0n) is 12.7. The summed E-state index contributed by atoms with van der Waals surface area (Å²) in [5.41, 5.74) is 0.935. The van der Waals surface area contributed by atoms with Crippen molar-refractivity contribution in [1.29, 1.82) is 0 Å². The van der Waals surface area contributed by atoms with Crippen LogP contribution in [0.4, 0.5) is 0 Å². The number of ether oxygens (including phenoxy) is 1. The van der Waals surface area contributed by atoms with Crippen LogP contribution in [0.15, 0.2) is 34.2 Å². The number of thioether (sulfide) groups is 1. The van der Waals surface area contributed by atoms with Gasteiger partial charge in [0.1, 0.15) is 5.75 Å². The first-order valence-electron chi connectivity index (χ1n) is 7.77. The molecule has 5 heteroatoms. The molecule has 0 atom stereocenters. The van der Waals surface area contributed by atoms with Crippen molar-refractivity contribution >= 4 is 28.9 Å². The predicted octanol–water partition coefficient (Wildman–Crippen LogP) is 3.54. The van der Waals surface area contributed by atoms with E-state index in [0.29, 0.717) is 11.5 Å². The second-order valence-electron chi connectivity index (χ2n) is 5.39. The van der Waals surface area contributed by atoms with Gasteiger partial charge in [0.15, 0.2) is 5.17 Å². The first kappa shape index (κ1) is 15.2. The number of nitrogens with zero attached hydrogens (tertiary/aromatic N) is 2. The number of carbonyl (C=O) groups is 1. The summed E-state index contributed by atoms with van der Waals surface area (Å²) in [5, 5.41) is 0.848. The number of amidine groups is 1. The Bertz CT molecular complexity index is 619.